The van der Waals surface area contributed by atoms with Crippen LogP contribution in [-0.4, -0.2) is 4.21 Å². The van der Waals surface area contributed by atoms with Gasteiger partial charge in [0.05, 0.1) is 0 Å². The van der Waals surface area contributed by atoms with Crippen LogP contribution in [0.15, 0.2) is 97.1 Å². The topological polar surface area (TPSA) is 0 Å². The zero-order chi connectivity index (χ0) is 32.9. The summed E-state index contributed by atoms with van der Waals surface area (Å²) in [4.78, 5) is 0. The Kier molecular flexibility index (Phi) is 20.2. The van der Waals surface area contributed by atoms with Crippen molar-refractivity contribution in [2.45, 2.75) is 65.2 Å². The molecule has 0 N–H and O–H groups in total. The Morgan fingerprint density at radius 1 is 0.717 bits per heavy atom. The fourth-order valence-electron chi connectivity index (χ4n) is 4.32. The summed E-state index contributed by atoms with van der Waals surface area (Å²) in [5.41, 5.74) is 10.5. The van der Waals surface area contributed by atoms with Crippen molar-refractivity contribution in [1.82, 2.24) is 0 Å². The molecular formula is C41H46Cl4Zr-4. The van der Waals surface area contributed by atoms with Gasteiger partial charge in [0.1, 0.15) is 0 Å². The molecule has 4 aromatic rings. The zero-order valence-corrected chi connectivity index (χ0v) is 33.4. The van der Waals surface area contributed by atoms with Gasteiger partial charge in [-0.05, 0) is 17.4 Å². The van der Waals surface area contributed by atoms with E-state index in [0.29, 0.717) is 0 Å². The second-order valence-electron chi connectivity index (χ2n) is 12.5. The first kappa shape index (κ1) is 44.0. The Morgan fingerprint density at radius 2 is 1.22 bits per heavy atom. The summed E-state index contributed by atoms with van der Waals surface area (Å²) in [6.07, 6.45) is 11.0. The first-order chi connectivity index (χ1) is 20.8. The molecule has 0 unspecified atom stereocenters. The molecule has 0 aromatic heterocycles. The Hall–Kier alpha value is -1.99. The number of halogens is 4. The zero-order valence-electron chi connectivity index (χ0n) is 27.8. The SMILES string of the molecule is CC(C)(C)c1c[c-]c2c(c1)-c1cc(C(C)(C)C)ccc1C2.Cl.Cl.[C-]1=CC=CC1.[CH2-]c1ccccc1Cl.[CH2-]c1ccccc1Cl.[CH2]=[Zr]. The fourth-order valence-corrected chi connectivity index (χ4v) is 4.59. The number of allylic oxidation sites excluding steroid dienone is 4. The minimum absolute atomic E-state index is 0. The molecular weight excluding hydrogens is 725 g/mol. The molecule has 0 bridgehead atoms. The third kappa shape index (κ3) is 14.0. The summed E-state index contributed by atoms with van der Waals surface area (Å²) in [6.45, 7) is 21.0. The van der Waals surface area contributed by atoms with Gasteiger partial charge >= 0.3 is 28.4 Å². The monoisotopic (exact) mass is 768 g/mol. The molecule has 6 rings (SSSR count). The van der Waals surface area contributed by atoms with E-state index in [0.717, 1.165) is 34.0 Å². The first-order valence-corrected chi connectivity index (χ1v) is 17.2. The average Bonchev–Trinajstić information content (AvgIpc) is 3.69. The predicted molar refractivity (Wildman–Crippen MR) is 206 cm³/mol. The van der Waals surface area contributed by atoms with Gasteiger partial charge in [0.25, 0.3) is 0 Å². The van der Waals surface area contributed by atoms with Gasteiger partial charge in [0.2, 0.25) is 0 Å². The summed E-state index contributed by atoms with van der Waals surface area (Å²) in [7, 11) is 0. The first-order valence-electron chi connectivity index (χ1n) is 14.7. The molecule has 0 spiro atoms. The molecule has 246 valence electrons. The van der Waals surface area contributed by atoms with Gasteiger partial charge < -0.3 is 0 Å². The van der Waals surface area contributed by atoms with Crippen LogP contribution in [0.1, 0.15) is 81.3 Å². The average molecular weight is 772 g/mol. The van der Waals surface area contributed by atoms with Gasteiger partial charge in [-0.25, -0.2) is 12.2 Å². The molecule has 0 radical (unpaired) electrons. The predicted octanol–water partition coefficient (Wildman–Crippen LogP) is 12.8. The molecule has 5 heteroatoms. The van der Waals surface area contributed by atoms with Crippen molar-refractivity contribution < 1.29 is 24.2 Å². The number of rotatable bonds is 0. The molecule has 0 atom stereocenters. The van der Waals surface area contributed by atoms with Gasteiger partial charge in [-0.3, -0.25) is 6.08 Å². The number of hydrogen-bond acceptors (Lipinski definition) is 0. The minimum atomic E-state index is 0. The van der Waals surface area contributed by atoms with E-state index in [2.05, 4.69) is 108 Å². The third-order valence-electron chi connectivity index (χ3n) is 7.03. The summed E-state index contributed by atoms with van der Waals surface area (Å²) >= 11 is 12.6. The van der Waals surface area contributed by atoms with E-state index < -0.39 is 0 Å². The van der Waals surface area contributed by atoms with Crippen LogP contribution in [0.4, 0.5) is 0 Å². The second-order valence-corrected chi connectivity index (χ2v) is 13.3. The molecule has 0 fully saturated rings. The van der Waals surface area contributed by atoms with Gasteiger partial charge in [0, 0.05) is 0 Å². The summed E-state index contributed by atoms with van der Waals surface area (Å²) in [5, 5.41) is 1.46. The van der Waals surface area contributed by atoms with E-state index in [-0.39, 0.29) is 35.6 Å². The molecule has 0 heterocycles. The summed E-state index contributed by atoms with van der Waals surface area (Å²) in [5.74, 6) is 0. The van der Waals surface area contributed by atoms with Crippen LogP contribution in [0.3, 0.4) is 0 Å². The van der Waals surface area contributed by atoms with E-state index in [1.54, 1.807) is 0 Å². The summed E-state index contributed by atoms with van der Waals surface area (Å²) in [6, 6.07) is 30.1. The fraction of sp³-hybridized carbons (Fsp3) is 0.244. The van der Waals surface area contributed by atoms with Crippen LogP contribution in [0, 0.1) is 26.0 Å². The number of benzene rings is 4. The molecule has 0 nitrogen and oxygen atoms in total. The molecule has 0 amide bonds. The Labute approximate surface area is 316 Å². The maximum absolute atomic E-state index is 5.65. The van der Waals surface area contributed by atoms with Crippen molar-refractivity contribution in [2.75, 3.05) is 0 Å². The van der Waals surface area contributed by atoms with Crippen molar-refractivity contribution in [3.8, 4) is 11.1 Å². The Morgan fingerprint density at radius 3 is 1.59 bits per heavy atom. The molecule has 0 saturated carbocycles. The van der Waals surface area contributed by atoms with Crippen LogP contribution in [0.5, 0.6) is 0 Å². The Bertz CT molecular complexity index is 1400. The molecule has 2 aliphatic carbocycles. The van der Waals surface area contributed by atoms with Crippen LogP contribution in [-0.2, 0) is 41.5 Å². The van der Waals surface area contributed by atoms with E-state index in [1.165, 1.54) is 57.6 Å². The van der Waals surface area contributed by atoms with Crippen LogP contribution in [0.2, 0.25) is 10.0 Å². The van der Waals surface area contributed by atoms with Crippen molar-refractivity contribution in [1.29, 1.82) is 0 Å². The molecule has 4 aromatic carbocycles. The quantitative estimate of drug-likeness (QED) is 0.138. The van der Waals surface area contributed by atoms with Crippen molar-refractivity contribution in [3.63, 3.8) is 0 Å². The van der Waals surface area contributed by atoms with Crippen molar-refractivity contribution >= 4 is 52.2 Å². The molecule has 46 heavy (non-hydrogen) atoms. The van der Waals surface area contributed by atoms with Crippen LogP contribution < -0.4 is 0 Å². The van der Waals surface area contributed by atoms with Gasteiger partial charge in [-0.2, -0.15) is 95.7 Å². The number of hydrogen-bond donors (Lipinski definition) is 0. The van der Waals surface area contributed by atoms with Gasteiger partial charge in [-0.15, -0.1) is 61.1 Å². The Balaban J connectivity index is 0.000000669. The normalized spacial score (nSPS) is 11.5. The van der Waals surface area contributed by atoms with Gasteiger partial charge in [-0.1, -0.05) is 98.5 Å². The van der Waals surface area contributed by atoms with Crippen molar-refractivity contribution in [3.05, 3.63) is 167 Å². The van der Waals surface area contributed by atoms with E-state index in [9.17, 15) is 0 Å². The molecule has 0 saturated heterocycles. The number of fused-ring (bicyclic) bond motifs is 3. The molecule has 2 aliphatic rings. The standard InChI is InChI=1S/C21H25.2C7H6Cl.C5H5.CH2.2ClH.Zr/c1-20(2,3)16-9-7-14-11-15-8-10-17(21(4,5)6)13-19(15)18(14)12-16;2*1-6-4-2-3-5-7(6)8;1-2-4-5-3-1;;;;/h7,9-10,12-13H,11H2,1-6H3;2*2-5H,1H2;1-3H,4H2;1H2;2*1H;/q4*-1;;;;. The van der Waals surface area contributed by atoms with Crippen molar-refractivity contribution in [2.24, 2.45) is 0 Å². The van der Waals surface area contributed by atoms with E-state index in [4.69, 9.17) is 23.2 Å². The van der Waals surface area contributed by atoms with Gasteiger partial charge in [0.15, 0.2) is 0 Å². The van der Waals surface area contributed by atoms with E-state index in [1.807, 2.05) is 60.7 Å². The second kappa shape index (κ2) is 21.1. The summed E-state index contributed by atoms with van der Waals surface area (Å²) < 4.78 is 3.34. The van der Waals surface area contributed by atoms with Crippen LogP contribution in [0.25, 0.3) is 11.1 Å². The van der Waals surface area contributed by atoms with Crippen LogP contribution >= 0.6 is 48.0 Å². The third-order valence-corrected chi connectivity index (χ3v) is 7.77. The van der Waals surface area contributed by atoms with E-state index >= 15 is 0 Å². The molecule has 0 aliphatic heterocycles. The maximum atomic E-state index is 5.65.